The molecule has 28 heavy (non-hydrogen) atoms. The van der Waals surface area contributed by atoms with Gasteiger partial charge in [0.05, 0.1) is 23.4 Å². The van der Waals surface area contributed by atoms with E-state index in [2.05, 4.69) is 27.7 Å². The van der Waals surface area contributed by atoms with Crippen LogP contribution in [0.3, 0.4) is 0 Å². The molecule has 0 bridgehead atoms. The minimum absolute atomic E-state index is 0.199. The molecule has 4 heteroatoms. The Labute approximate surface area is 167 Å². The van der Waals surface area contributed by atoms with E-state index in [0.29, 0.717) is 24.3 Å². The van der Waals surface area contributed by atoms with Crippen LogP contribution in [0, 0.1) is 0 Å². The predicted octanol–water partition coefficient (Wildman–Crippen LogP) is 5.66. The third-order valence-electron chi connectivity index (χ3n) is 5.17. The van der Waals surface area contributed by atoms with Gasteiger partial charge in [0.2, 0.25) is 0 Å². The van der Waals surface area contributed by atoms with E-state index in [1.165, 1.54) is 4.90 Å². The van der Waals surface area contributed by atoms with Gasteiger partial charge in [0.15, 0.2) is 0 Å². The van der Waals surface area contributed by atoms with E-state index < -0.39 is 0 Å². The first kappa shape index (κ1) is 20.3. The molecule has 3 rings (SSSR count). The Morgan fingerprint density at radius 3 is 2.07 bits per heavy atom. The van der Waals surface area contributed by atoms with Crippen molar-refractivity contribution < 1.29 is 14.3 Å². The number of imide groups is 1. The standard InChI is InChI=1S/C24H29NO3/c1-6-13-28-14-17-9-7-12-20-21(17)24(27)25(23(20)26)22-18(15(2)3)10-8-11-19(22)16(4)5/h7-12,15-16H,6,13-14H2,1-5H3. The number of carbonyl (C=O) groups excluding carboxylic acids is 2. The molecule has 1 heterocycles. The smallest absolute Gasteiger partial charge is 0.266 e. The topological polar surface area (TPSA) is 46.6 Å². The van der Waals surface area contributed by atoms with Crippen molar-refractivity contribution >= 4 is 17.5 Å². The van der Waals surface area contributed by atoms with Gasteiger partial charge in [0, 0.05) is 6.61 Å². The number of hydrogen-bond donors (Lipinski definition) is 0. The Balaban J connectivity index is 2.12. The number of fused-ring (bicyclic) bond motifs is 1. The first-order valence-electron chi connectivity index (χ1n) is 10.1. The monoisotopic (exact) mass is 379 g/mol. The number of rotatable bonds is 7. The van der Waals surface area contributed by atoms with Crippen LogP contribution in [0.5, 0.6) is 0 Å². The van der Waals surface area contributed by atoms with Crippen molar-refractivity contribution in [1.29, 1.82) is 0 Å². The summed E-state index contributed by atoms with van der Waals surface area (Å²) < 4.78 is 5.66. The molecule has 0 aromatic heterocycles. The molecular weight excluding hydrogens is 350 g/mol. The number of anilines is 1. The fraction of sp³-hybridized carbons (Fsp3) is 0.417. The highest BCUT2D eigenvalue weighted by atomic mass is 16.5. The Morgan fingerprint density at radius 1 is 0.893 bits per heavy atom. The summed E-state index contributed by atoms with van der Waals surface area (Å²) in [6.45, 7) is 11.4. The number of hydrogen-bond acceptors (Lipinski definition) is 3. The van der Waals surface area contributed by atoms with E-state index in [4.69, 9.17) is 4.74 Å². The van der Waals surface area contributed by atoms with Crippen molar-refractivity contribution in [3.63, 3.8) is 0 Å². The summed E-state index contributed by atoms with van der Waals surface area (Å²) in [7, 11) is 0. The summed E-state index contributed by atoms with van der Waals surface area (Å²) in [4.78, 5) is 28.2. The maximum absolute atomic E-state index is 13.5. The molecule has 0 saturated carbocycles. The second-order valence-corrected chi connectivity index (χ2v) is 7.93. The van der Waals surface area contributed by atoms with E-state index >= 15 is 0 Å². The predicted molar refractivity (Wildman–Crippen MR) is 112 cm³/mol. The maximum atomic E-state index is 13.5. The van der Waals surface area contributed by atoms with Crippen LogP contribution in [-0.2, 0) is 11.3 Å². The summed E-state index contributed by atoms with van der Waals surface area (Å²) in [5, 5.41) is 0. The first-order chi connectivity index (χ1) is 13.4. The molecule has 0 radical (unpaired) electrons. The number of amides is 2. The van der Waals surface area contributed by atoms with Gasteiger partial charge in [-0.2, -0.15) is 0 Å². The summed E-state index contributed by atoms with van der Waals surface area (Å²) in [6, 6.07) is 11.5. The molecule has 4 nitrogen and oxygen atoms in total. The summed E-state index contributed by atoms with van der Waals surface area (Å²) in [5.41, 5.74) is 4.51. The average Bonchev–Trinajstić information content (AvgIpc) is 2.92. The average molecular weight is 380 g/mol. The van der Waals surface area contributed by atoms with Crippen molar-refractivity contribution in [2.45, 2.75) is 59.5 Å². The first-order valence-corrected chi connectivity index (χ1v) is 10.1. The molecule has 0 saturated heterocycles. The lowest BCUT2D eigenvalue weighted by Gasteiger charge is -2.25. The molecule has 0 spiro atoms. The van der Waals surface area contributed by atoms with E-state index in [1.807, 2.05) is 37.3 Å². The van der Waals surface area contributed by atoms with E-state index in [0.717, 1.165) is 28.8 Å². The Bertz CT molecular complexity index is 872. The minimum Gasteiger partial charge on any atom is -0.377 e. The lowest BCUT2D eigenvalue weighted by atomic mass is 9.92. The highest BCUT2D eigenvalue weighted by molar-refractivity contribution is 6.35. The molecule has 0 N–H and O–H groups in total. The largest absolute Gasteiger partial charge is 0.377 e. The van der Waals surface area contributed by atoms with Crippen molar-refractivity contribution in [3.05, 3.63) is 64.2 Å². The number of nitrogens with zero attached hydrogens (tertiary/aromatic N) is 1. The van der Waals surface area contributed by atoms with Gasteiger partial charge >= 0.3 is 0 Å². The zero-order chi connectivity index (χ0) is 20.4. The molecular formula is C24H29NO3. The van der Waals surface area contributed by atoms with Gasteiger partial charge in [-0.25, -0.2) is 4.90 Å². The van der Waals surface area contributed by atoms with Gasteiger partial charge in [-0.3, -0.25) is 9.59 Å². The SMILES string of the molecule is CCCOCc1cccc2c1C(=O)N(c1c(C(C)C)cccc1C(C)C)C2=O. The number of carbonyl (C=O) groups is 2. The van der Waals surface area contributed by atoms with E-state index in [-0.39, 0.29) is 23.7 Å². The normalized spacial score (nSPS) is 13.8. The molecule has 0 unspecified atom stereocenters. The second-order valence-electron chi connectivity index (χ2n) is 7.93. The molecule has 0 fully saturated rings. The molecule has 1 aliphatic rings. The third-order valence-corrected chi connectivity index (χ3v) is 5.17. The van der Waals surface area contributed by atoms with Gasteiger partial charge in [0.1, 0.15) is 0 Å². The zero-order valence-electron chi connectivity index (χ0n) is 17.4. The van der Waals surface area contributed by atoms with Crippen LogP contribution >= 0.6 is 0 Å². The van der Waals surface area contributed by atoms with Gasteiger partial charge in [-0.1, -0.05) is 65.0 Å². The van der Waals surface area contributed by atoms with E-state index in [1.54, 1.807) is 6.07 Å². The van der Waals surface area contributed by atoms with Gasteiger partial charge in [-0.15, -0.1) is 0 Å². The summed E-state index contributed by atoms with van der Waals surface area (Å²) in [5.74, 6) is -0.0891. The molecule has 2 aromatic carbocycles. The van der Waals surface area contributed by atoms with Crippen molar-refractivity contribution in [3.8, 4) is 0 Å². The molecule has 1 aliphatic heterocycles. The van der Waals surface area contributed by atoms with Gasteiger partial charge < -0.3 is 4.74 Å². The number of benzene rings is 2. The number of para-hydroxylation sites is 1. The van der Waals surface area contributed by atoms with Crippen LogP contribution in [0.15, 0.2) is 36.4 Å². The van der Waals surface area contributed by atoms with Crippen LogP contribution in [0.2, 0.25) is 0 Å². The van der Waals surface area contributed by atoms with Crippen molar-refractivity contribution in [2.75, 3.05) is 11.5 Å². The summed E-state index contributed by atoms with van der Waals surface area (Å²) in [6.07, 6.45) is 0.910. The zero-order valence-corrected chi connectivity index (χ0v) is 17.4. The van der Waals surface area contributed by atoms with Crippen LogP contribution in [-0.4, -0.2) is 18.4 Å². The second kappa shape index (κ2) is 8.27. The maximum Gasteiger partial charge on any atom is 0.266 e. The fourth-order valence-electron chi connectivity index (χ4n) is 3.78. The number of ether oxygens (including phenoxy) is 1. The Hall–Kier alpha value is -2.46. The lowest BCUT2D eigenvalue weighted by Crippen LogP contribution is -2.32. The van der Waals surface area contributed by atoms with Crippen molar-refractivity contribution in [2.24, 2.45) is 0 Å². The van der Waals surface area contributed by atoms with Gasteiger partial charge in [0.25, 0.3) is 11.8 Å². The minimum atomic E-state index is -0.245. The third kappa shape index (κ3) is 3.49. The molecule has 2 aromatic rings. The Morgan fingerprint density at radius 2 is 1.50 bits per heavy atom. The fourth-order valence-corrected chi connectivity index (χ4v) is 3.78. The van der Waals surface area contributed by atoms with Crippen LogP contribution in [0.25, 0.3) is 0 Å². The quantitative estimate of drug-likeness (QED) is 0.460. The summed E-state index contributed by atoms with van der Waals surface area (Å²) >= 11 is 0. The van der Waals surface area contributed by atoms with Gasteiger partial charge in [-0.05, 0) is 41.0 Å². The van der Waals surface area contributed by atoms with E-state index in [9.17, 15) is 9.59 Å². The molecule has 148 valence electrons. The van der Waals surface area contributed by atoms with Crippen LogP contribution < -0.4 is 4.90 Å². The molecule has 0 aliphatic carbocycles. The van der Waals surface area contributed by atoms with Crippen LogP contribution in [0.4, 0.5) is 5.69 Å². The molecule has 2 amide bonds. The van der Waals surface area contributed by atoms with Crippen LogP contribution in [0.1, 0.15) is 90.3 Å². The molecule has 0 atom stereocenters. The highest BCUT2D eigenvalue weighted by Gasteiger charge is 2.40. The highest BCUT2D eigenvalue weighted by Crippen LogP contribution is 2.40. The lowest BCUT2D eigenvalue weighted by molar-refractivity contribution is 0.0921. The van der Waals surface area contributed by atoms with Crippen molar-refractivity contribution in [1.82, 2.24) is 0 Å². The Kier molecular flexibility index (Phi) is 5.99.